The topological polar surface area (TPSA) is 60.9 Å². The standard InChI is InChI=1S/C17H17N3O/c1-20-11-12(10-19-20)6-7-17(21)15-8-13-4-2-3-5-14(13)9-16(15)18/h2-5,8-11H,6-7,18H2,1H3. The van der Waals surface area contributed by atoms with E-state index in [2.05, 4.69) is 5.10 Å². The van der Waals surface area contributed by atoms with Gasteiger partial charge in [0.05, 0.1) is 6.20 Å². The largest absolute Gasteiger partial charge is 0.398 e. The van der Waals surface area contributed by atoms with E-state index in [0.717, 1.165) is 16.3 Å². The number of nitrogens with zero attached hydrogens (tertiary/aromatic N) is 2. The van der Waals surface area contributed by atoms with Crippen molar-refractivity contribution >= 4 is 22.2 Å². The second-order valence-electron chi connectivity index (χ2n) is 5.23. The van der Waals surface area contributed by atoms with Gasteiger partial charge < -0.3 is 5.73 Å². The van der Waals surface area contributed by atoms with Crippen LogP contribution in [0.2, 0.25) is 0 Å². The molecule has 0 bridgehead atoms. The Morgan fingerprint density at radius 1 is 1.24 bits per heavy atom. The van der Waals surface area contributed by atoms with Gasteiger partial charge in [0.1, 0.15) is 0 Å². The van der Waals surface area contributed by atoms with Crippen molar-refractivity contribution in [2.24, 2.45) is 7.05 Å². The van der Waals surface area contributed by atoms with E-state index in [-0.39, 0.29) is 5.78 Å². The first-order chi connectivity index (χ1) is 10.1. The molecule has 3 aromatic rings. The minimum atomic E-state index is 0.0714. The van der Waals surface area contributed by atoms with Gasteiger partial charge in [-0.2, -0.15) is 5.10 Å². The molecule has 0 spiro atoms. The zero-order valence-electron chi connectivity index (χ0n) is 11.9. The van der Waals surface area contributed by atoms with Crippen molar-refractivity contribution in [2.45, 2.75) is 12.8 Å². The molecule has 4 heteroatoms. The van der Waals surface area contributed by atoms with Crippen molar-refractivity contribution in [3.8, 4) is 0 Å². The predicted molar refractivity (Wildman–Crippen MR) is 84.2 cm³/mol. The summed E-state index contributed by atoms with van der Waals surface area (Å²) < 4.78 is 1.74. The molecule has 1 heterocycles. The van der Waals surface area contributed by atoms with Gasteiger partial charge in [0.15, 0.2) is 5.78 Å². The highest BCUT2D eigenvalue weighted by molar-refractivity contribution is 6.05. The van der Waals surface area contributed by atoms with Gasteiger partial charge in [-0.1, -0.05) is 24.3 Å². The van der Waals surface area contributed by atoms with Gasteiger partial charge in [-0.3, -0.25) is 9.48 Å². The van der Waals surface area contributed by atoms with Gasteiger partial charge >= 0.3 is 0 Å². The molecule has 0 aliphatic heterocycles. The first-order valence-electron chi connectivity index (χ1n) is 6.92. The highest BCUT2D eigenvalue weighted by atomic mass is 16.1. The Morgan fingerprint density at radius 2 is 1.95 bits per heavy atom. The number of benzene rings is 2. The van der Waals surface area contributed by atoms with Gasteiger partial charge in [0.25, 0.3) is 0 Å². The molecule has 4 nitrogen and oxygen atoms in total. The Balaban J connectivity index is 1.82. The van der Waals surface area contributed by atoms with Gasteiger partial charge in [-0.05, 0) is 34.9 Å². The Morgan fingerprint density at radius 3 is 2.62 bits per heavy atom. The van der Waals surface area contributed by atoms with Gasteiger partial charge in [-0.25, -0.2) is 0 Å². The zero-order chi connectivity index (χ0) is 14.8. The van der Waals surface area contributed by atoms with Crippen molar-refractivity contribution in [3.63, 3.8) is 0 Å². The molecule has 21 heavy (non-hydrogen) atoms. The normalized spacial score (nSPS) is 10.9. The fraction of sp³-hybridized carbons (Fsp3) is 0.176. The Hall–Kier alpha value is -2.62. The first-order valence-corrected chi connectivity index (χ1v) is 6.92. The van der Waals surface area contributed by atoms with E-state index in [1.54, 1.807) is 10.9 Å². The van der Waals surface area contributed by atoms with Crippen LogP contribution in [0.25, 0.3) is 10.8 Å². The van der Waals surface area contributed by atoms with Crippen LogP contribution in [0.1, 0.15) is 22.3 Å². The van der Waals surface area contributed by atoms with Crippen LogP contribution >= 0.6 is 0 Å². The van der Waals surface area contributed by atoms with Crippen LogP contribution in [0.5, 0.6) is 0 Å². The summed E-state index contributed by atoms with van der Waals surface area (Å²) in [6.45, 7) is 0. The number of nitrogen functional groups attached to an aromatic ring is 1. The van der Waals surface area contributed by atoms with Crippen molar-refractivity contribution in [1.29, 1.82) is 0 Å². The molecular formula is C17H17N3O. The summed E-state index contributed by atoms with van der Waals surface area (Å²) in [4.78, 5) is 12.4. The number of carbonyl (C=O) groups is 1. The molecule has 106 valence electrons. The average molecular weight is 279 g/mol. The first kappa shape index (κ1) is 13.4. The highest BCUT2D eigenvalue weighted by Crippen LogP contribution is 2.23. The zero-order valence-corrected chi connectivity index (χ0v) is 11.9. The molecular weight excluding hydrogens is 262 g/mol. The van der Waals surface area contributed by atoms with E-state index in [4.69, 9.17) is 5.73 Å². The number of fused-ring (bicyclic) bond motifs is 1. The van der Waals surface area contributed by atoms with Crippen LogP contribution in [0.3, 0.4) is 0 Å². The van der Waals surface area contributed by atoms with Gasteiger partial charge in [0.2, 0.25) is 0 Å². The fourth-order valence-electron chi connectivity index (χ4n) is 2.49. The molecule has 0 amide bonds. The van der Waals surface area contributed by atoms with Gasteiger partial charge in [0, 0.05) is 30.9 Å². The van der Waals surface area contributed by atoms with E-state index in [9.17, 15) is 4.79 Å². The SMILES string of the molecule is Cn1cc(CCC(=O)c2cc3ccccc3cc2N)cn1. The summed E-state index contributed by atoms with van der Waals surface area (Å²) in [5.41, 5.74) is 8.24. The quantitative estimate of drug-likeness (QED) is 0.590. The molecule has 1 aromatic heterocycles. The Bertz CT molecular complexity index is 805. The Labute approximate surface area is 123 Å². The number of nitrogens with two attached hydrogens (primary N) is 1. The summed E-state index contributed by atoms with van der Waals surface area (Å²) in [5, 5.41) is 6.20. The van der Waals surface area contributed by atoms with E-state index in [1.165, 1.54) is 0 Å². The lowest BCUT2D eigenvalue weighted by Gasteiger charge is -2.07. The van der Waals surface area contributed by atoms with E-state index in [1.807, 2.05) is 49.6 Å². The third kappa shape index (κ3) is 2.79. The second-order valence-corrected chi connectivity index (χ2v) is 5.23. The molecule has 0 saturated heterocycles. The molecule has 0 radical (unpaired) electrons. The number of anilines is 1. The fourth-order valence-corrected chi connectivity index (χ4v) is 2.49. The molecule has 0 aliphatic carbocycles. The van der Waals surface area contributed by atoms with Crippen LogP contribution in [0, 0.1) is 0 Å². The summed E-state index contributed by atoms with van der Waals surface area (Å²) in [6, 6.07) is 11.7. The number of hydrogen-bond acceptors (Lipinski definition) is 3. The van der Waals surface area contributed by atoms with Crippen molar-refractivity contribution < 1.29 is 4.79 Å². The molecule has 0 aliphatic rings. The molecule has 3 rings (SSSR count). The van der Waals surface area contributed by atoms with Gasteiger partial charge in [-0.15, -0.1) is 0 Å². The third-order valence-corrected chi connectivity index (χ3v) is 3.62. The lowest BCUT2D eigenvalue weighted by Crippen LogP contribution is -2.05. The summed E-state index contributed by atoms with van der Waals surface area (Å²) in [5.74, 6) is 0.0714. The predicted octanol–water partition coefficient (Wildman–Crippen LogP) is 2.97. The Kier molecular flexibility index (Phi) is 3.44. The van der Waals surface area contributed by atoms with Crippen LogP contribution in [-0.4, -0.2) is 15.6 Å². The molecule has 2 N–H and O–H groups in total. The minimum Gasteiger partial charge on any atom is -0.398 e. The van der Waals surface area contributed by atoms with Crippen molar-refractivity contribution in [3.05, 3.63) is 59.9 Å². The lowest BCUT2D eigenvalue weighted by atomic mass is 9.99. The number of carbonyl (C=O) groups excluding carboxylic acids is 1. The van der Waals surface area contributed by atoms with E-state index in [0.29, 0.717) is 24.1 Å². The van der Waals surface area contributed by atoms with Crippen LogP contribution in [0.4, 0.5) is 5.69 Å². The minimum absolute atomic E-state index is 0.0714. The molecule has 0 unspecified atom stereocenters. The molecule has 0 saturated carbocycles. The molecule has 0 fully saturated rings. The number of ketones is 1. The maximum atomic E-state index is 12.4. The van der Waals surface area contributed by atoms with E-state index >= 15 is 0 Å². The number of hydrogen-bond donors (Lipinski definition) is 1. The molecule has 0 atom stereocenters. The number of rotatable bonds is 4. The van der Waals surface area contributed by atoms with Crippen molar-refractivity contribution in [1.82, 2.24) is 9.78 Å². The third-order valence-electron chi connectivity index (χ3n) is 3.62. The highest BCUT2D eigenvalue weighted by Gasteiger charge is 2.11. The van der Waals surface area contributed by atoms with Crippen LogP contribution in [0.15, 0.2) is 48.8 Å². The number of aromatic nitrogens is 2. The lowest BCUT2D eigenvalue weighted by molar-refractivity contribution is 0.0984. The van der Waals surface area contributed by atoms with Crippen LogP contribution < -0.4 is 5.73 Å². The summed E-state index contributed by atoms with van der Waals surface area (Å²) in [7, 11) is 1.87. The van der Waals surface area contributed by atoms with Crippen LogP contribution in [-0.2, 0) is 13.5 Å². The molecule has 2 aromatic carbocycles. The maximum absolute atomic E-state index is 12.4. The monoisotopic (exact) mass is 279 g/mol. The second kappa shape index (κ2) is 5.40. The average Bonchev–Trinajstić information content (AvgIpc) is 2.89. The van der Waals surface area contributed by atoms with E-state index < -0.39 is 0 Å². The maximum Gasteiger partial charge on any atom is 0.165 e. The number of aryl methyl sites for hydroxylation is 2. The summed E-state index contributed by atoms with van der Waals surface area (Å²) >= 11 is 0. The smallest absolute Gasteiger partial charge is 0.165 e. The number of Topliss-reactive ketones (excluding diaryl/α,β-unsaturated/α-hetero) is 1. The van der Waals surface area contributed by atoms with Crippen molar-refractivity contribution in [2.75, 3.05) is 5.73 Å². The summed E-state index contributed by atoms with van der Waals surface area (Å²) in [6.07, 6.45) is 4.83.